The fraction of sp³-hybridized carbons (Fsp3) is 0.0952. The van der Waals surface area contributed by atoms with Crippen molar-refractivity contribution < 1.29 is 19.3 Å². The van der Waals surface area contributed by atoms with Crippen LogP contribution in [0.25, 0.3) is 0 Å². The number of halogens is 5. The number of nitrogens with zero attached hydrogens (tertiary/aromatic N) is 3. The van der Waals surface area contributed by atoms with Gasteiger partial charge in [0, 0.05) is 16.0 Å². The molecule has 0 spiro atoms. The first kappa shape index (κ1) is 24.3. The van der Waals surface area contributed by atoms with Crippen LogP contribution < -0.4 is 4.90 Å². The second kappa shape index (κ2) is 8.62. The molecule has 178 valence electrons. The van der Waals surface area contributed by atoms with E-state index in [1.165, 1.54) is 23.5 Å². The van der Waals surface area contributed by atoms with Gasteiger partial charge in [-0.05, 0) is 23.6 Å². The molecular weight excluding hydrogens is 584 g/mol. The molecule has 1 fully saturated rings. The fourth-order valence-corrected chi connectivity index (χ4v) is 6.23. The Hall–Kier alpha value is -2.40. The van der Waals surface area contributed by atoms with Gasteiger partial charge in [0.15, 0.2) is 0 Å². The first-order chi connectivity index (χ1) is 16.6. The Morgan fingerprint density at radius 2 is 1.43 bits per heavy atom. The first-order valence-corrected chi connectivity index (χ1v) is 12.4. The summed E-state index contributed by atoms with van der Waals surface area (Å²) in [5, 5.41) is 12.6. The number of nitro groups is 1. The van der Waals surface area contributed by atoms with Gasteiger partial charge in [0.2, 0.25) is 0 Å². The summed E-state index contributed by atoms with van der Waals surface area (Å²) in [5.74, 6) is -2.46. The Labute approximate surface area is 225 Å². The zero-order valence-electron chi connectivity index (χ0n) is 16.8. The summed E-state index contributed by atoms with van der Waals surface area (Å²) in [4.78, 5) is 53.7. The van der Waals surface area contributed by atoms with Crippen LogP contribution >= 0.6 is 69.3 Å². The molecule has 5 rings (SSSR count). The summed E-state index contributed by atoms with van der Waals surface area (Å²) in [6, 6.07) is 5.04. The highest BCUT2D eigenvalue weighted by atomic mass is 35.5. The molecule has 2 aliphatic rings. The van der Waals surface area contributed by atoms with Crippen LogP contribution in [-0.4, -0.2) is 33.6 Å². The number of carbonyl (C=O) groups excluding carboxylic acids is 3. The second-order valence-electron chi connectivity index (χ2n) is 7.49. The minimum atomic E-state index is -1.32. The van der Waals surface area contributed by atoms with Crippen LogP contribution in [0.15, 0.2) is 35.7 Å². The smallest absolute Gasteiger partial charge is 0.293 e. The Bertz CT molecular complexity index is 1430. The van der Waals surface area contributed by atoms with Gasteiger partial charge in [-0.2, -0.15) is 0 Å². The molecule has 14 heteroatoms. The molecule has 2 unspecified atom stereocenters. The molecule has 3 heterocycles. The first-order valence-electron chi connectivity index (χ1n) is 9.60. The molecule has 0 saturated carbocycles. The molecule has 2 aliphatic heterocycles. The van der Waals surface area contributed by atoms with Crippen LogP contribution in [0, 0.1) is 10.1 Å². The molecule has 2 atom stereocenters. The van der Waals surface area contributed by atoms with E-state index in [0.717, 1.165) is 15.9 Å². The third-order valence-electron chi connectivity index (χ3n) is 5.71. The molecule has 0 bridgehead atoms. The van der Waals surface area contributed by atoms with E-state index in [0.29, 0.717) is 4.88 Å². The molecule has 8 nitrogen and oxygen atoms in total. The second-order valence-corrected chi connectivity index (χ2v) is 10.4. The number of nitro benzene ring substituents is 1. The van der Waals surface area contributed by atoms with Gasteiger partial charge in [-0.15, -0.1) is 11.3 Å². The molecule has 0 aliphatic carbocycles. The predicted octanol–water partition coefficient (Wildman–Crippen LogP) is 6.68. The molecule has 35 heavy (non-hydrogen) atoms. The van der Waals surface area contributed by atoms with Gasteiger partial charge in [0.05, 0.1) is 36.1 Å². The molecule has 3 aromatic rings. The zero-order valence-corrected chi connectivity index (χ0v) is 21.4. The van der Waals surface area contributed by atoms with Crippen molar-refractivity contribution >= 4 is 98.4 Å². The third-order valence-corrected chi connectivity index (χ3v) is 8.69. The van der Waals surface area contributed by atoms with E-state index in [1.807, 2.05) is 0 Å². The lowest BCUT2D eigenvalue weighted by atomic mass is 9.90. The number of anilines is 1. The van der Waals surface area contributed by atoms with Crippen LogP contribution in [0.5, 0.6) is 0 Å². The Balaban J connectivity index is 1.64. The standard InChI is InChI=1S/C21H8Cl5N3O5S/c22-7-3-4-8(9(6-7)29(33)34)27-17(10-2-1-5-35-10)18(21(27)32)28-19(30)11-12(20(28)31)14(24)16(26)15(25)13(11)23/h1-6,17-18H. The molecule has 1 aromatic heterocycles. The van der Waals surface area contributed by atoms with Gasteiger partial charge >= 0.3 is 0 Å². The highest BCUT2D eigenvalue weighted by Crippen LogP contribution is 2.51. The van der Waals surface area contributed by atoms with E-state index in [2.05, 4.69) is 0 Å². The molecular formula is C21H8Cl5N3O5S. The summed E-state index contributed by atoms with van der Waals surface area (Å²) in [6.07, 6.45) is 0. The number of rotatable bonds is 4. The number of thiophene rings is 1. The number of amides is 3. The van der Waals surface area contributed by atoms with Crippen molar-refractivity contribution in [3.8, 4) is 0 Å². The van der Waals surface area contributed by atoms with Crippen LogP contribution in [-0.2, 0) is 4.79 Å². The van der Waals surface area contributed by atoms with E-state index in [4.69, 9.17) is 58.0 Å². The number of fused-ring (bicyclic) bond motifs is 1. The third kappa shape index (κ3) is 3.45. The summed E-state index contributed by atoms with van der Waals surface area (Å²) >= 11 is 31.8. The van der Waals surface area contributed by atoms with Crippen molar-refractivity contribution in [1.82, 2.24) is 4.90 Å². The van der Waals surface area contributed by atoms with E-state index in [-0.39, 0.29) is 41.9 Å². The SMILES string of the molecule is O=C1c2c(Cl)c(Cl)c(Cl)c(Cl)c2C(=O)N1C1C(=O)N(c2ccc(Cl)cc2[N+](=O)[O-])C1c1cccs1. The van der Waals surface area contributed by atoms with Crippen LogP contribution in [0.1, 0.15) is 31.6 Å². The number of imide groups is 1. The van der Waals surface area contributed by atoms with E-state index in [1.54, 1.807) is 17.5 Å². The van der Waals surface area contributed by atoms with Crippen LogP contribution in [0.4, 0.5) is 11.4 Å². The maximum absolute atomic E-state index is 13.5. The highest BCUT2D eigenvalue weighted by Gasteiger charge is 2.59. The van der Waals surface area contributed by atoms with Crippen molar-refractivity contribution in [2.45, 2.75) is 12.1 Å². The average molecular weight is 592 g/mol. The predicted molar refractivity (Wildman–Crippen MR) is 133 cm³/mol. The Morgan fingerprint density at radius 1 is 0.829 bits per heavy atom. The number of carbonyl (C=O) groups is 3. The van der Waals surface area contributed by atoms with E-state index >= 15 is 0 Å². The van der Waals surface area contributed by atoms with Crippen LogP contribution in [0.3, 0.4) is 0 Å². The maximum Gasteiger partial charge on any atom is 0.294 e. The lowest BCUT2D eigenvalue weighted by Gasteiger charge is -2.48. The van der Waals surface area contributed by atoms with Crippen molar-refractivity contribution in [2.75, 3.05) is 4.90 Å². The fourth-order valence-electron chi connectivity index (χ4n) is 4.20. The topological polar surface area (TPSA) is 101 Å². The molecule has 2 aromatic carbocycles. The lowest BCUT2D eigenvalue weighted by Crippen LogP contribution is -2.67. The monoisotopic (exact) mass is 589 g/mol. The summed E-state index contributed by atoms with van der Waals surface area (Å²) in [7, 11) is 0. The molecule has 0 radical (unpaired) electrons. The van der Waals surface area contributed by atoms with Crippen molar-refractivity contribution in [3.63, 3.8) is 0 Å². The molecule has 0 N–H and O–H groups in total. The summed E-state index contributed by atoms with van der Waals surface area (Å²) < 4.78 is 0. The molecule has 1 saturated heterocycles. The summed E-state index contributed by atoms with van der Waals surface area (Å²) in [5.41, 5.74) is -0.954. The van der Waals surface area contributed by atoms with E-state index < -0.39 is 40.4 Å². The number of benzene rings is 2. The van der Waals surface area contributed by atoms with E-state index in [9.17, 15) is 24.5 Å². The minimum absolute atomic E-state index is 0.0298. The van der Waals surface area contributed by atoms with Gasteiger partial charge in [-0.25, -0.2) is 0 Å². The van der Waals surface area contributed by atoms with Gasteiger partial charge in [0.1, 0.15) is 17.8 Å². The maximum atomic E-state index is 13.5. The average Bonchev–Trinajstić information content (AvgIpc) is 3.43. The Morgan fingerprint density at radius 3 is 1.94 bits per heavy atom. The van der Waals surface area contributed by atoms with Crippen LogP contribution in [0.2, 0.25) is 25.1 Å². The number of hydrogen-bond acceptors (Lipinski definition) is 6. The van der Waals surface area contributed by atoms with Gasteiger partial charge in [-0.3, -0.25) is 34.3 Å². The van der Waals surface area contributed by atoms with Gasteiger partial charge in [-0.1, -0.05) is 64.1 Å². The molecule has 3 amide bonds. The number of hydrogen-bond donors (Lipinski definition) is 0. The normalized spacial score (nSPS) is 19.3. The van der Waals surface area contributed by atoms with Gasteiger partial charge in [0.25, 0.3) is 23.4 Å². The quantitative estimate of drug-likeness (QED) is 0.0842. The Kier molecular flexibility index (Phi) is 5.98. The summed E-state index contributed by atoms with van der Waals surface area (Å²) in [6.45, 7) is 0. The minimum Gasteiger partial charge on any atom is -0.293 e. The van der Waals surface area contributed by atoms with Gasteiger partial charge < -0.3 is 0 Å². The number of β-lactam (4-membered cyclic amide) rings is 1. The van der Waals surface area contributed by atoms with Crippen molar-refractivity contribution in [1.29, 1.82) is 0 Å². The van der Waals surface area contributed by atoms with Crippen molar-refractivity contribution in [3.05, 3.63) is 86.9 Å². The largest absolute Gasteiger partial charge is 0.294 e. The lowest BCUT2D eigenvalue weighted by molar-refractivity contribution is -0.384. The highest BCUT2D eigenvalue weighted by molar-refractivity contribution is 7.10. The zero-order chi connectivity index (χ0) is 25.3. The van der Waals surface area contributed by atoms with Crippen molar-refractivity contribution in [2.24, 2.45) is 0 Å².